The third kappa shape index (κ3) is 3.71. The van der Waals surface area contributed by atoms with Gasteiger partial charge in [-0.25, -0.2) is 0 Å². The minimum Gasteiger partial charge on any atom is -0.362 e. The molecule has 1 aromatic carbocycles. The third-order valence-corrected chi connectivity index (χ3v) is 3.09. The summed E-state index contributed by atoms with van der Waals surface area (Å²) < 4.78 is 0.998. The topological polar surface area (TPSA) is 58.4 Å². The Labute approximate surface area is 110 Å². The predicted octanol–water partition coefficient (Wildman–Crippen LogP) is 1.48. The van der Waals surface area contributed by atoms with E-state index in [9.17, 15) is 4.79 Å². The number of carbonyl (C=O) groups excluding carboxylic acids is 1. The third-order valence-electron chi connectivity index (χ3n) is 2.60. The van der Waals surface area contributed by atoms with Crippen molar-refractivity contribution in [2.45, 2.75) is 13.5 Å². The molecule has 17 heavy (non-hydrogen) atoms. The van der Waals surface area contributed by atoms with Crippen LogP contribution >= 0.6 is 15.9 Å². The minimum absolute atomic E-state index is 0.00209. The summed E-state index contributed by atoms with van der Waals surface area (Å²) in [5.41, 5.74) is 7.78. The van der Waals surface area contributed by atoms with Gasteiger partial charge < -0.3 is 16.0 Å². The number of rotatable bonds is 5. The number of nitrogens with one attached hydrogen (secondary N) is 1. The molecule has 94 valence electrons. The molecule has 0 radical (unpaired) electrons. The highest BCUT2D eigenvalue weighted by atomic mass is 79.9. The van der Waals surface area contributed by atoms with Gasteiger partial charge in [0.05, 0.1) is 6.54 Å². The van der Waals surface area contributed by atoms with Gasteiger partial charge in [-0.3, -0.25) is 4.79 Å². The van der Waals surface area contributed by atoms with E-state index in [1.807, 2.05) is 30.0 Å². The van der Waals surface area contributed by atoms with E-state index in [1.54, 1.807) is 7.05 Å². The maximum atomic E-state index is 11.4. The number of halogens is 1. The molecule has 0 saturated carbocycles. The number of likely N-dealkylation sites (N-methyl/N-ethyl adjacent to an activating group) is 2. The SMILES string of the molecule is CCN(CC(=O)NC)c1ccc(Br)cc1CN. The van der Waals surface area contributed by atoms with Gasteiger partial charge in [0.2, 0.25) is 5.91 Å². The van der Waals surface area contributed by atoms with Crippen LogP contribution in [-0.4, -0.2) is 26.0 Å². The molecule has 4 nitrogen and oxygen atoms in total. The van der Waals surface area contributed by atoms with Gasteiger partial charge in [0.15, 0.2) is 0 Å². The number of nitrogens with two attached hydrogens (primary N) is 1. The summed E-state index contributed by atoms with van der Waals surface area (Å²) >= 11 is 3.42. The number of benzene rings is 1. The highest BCUT2D eigenvalue weighted by Crippen LogP contribution is 2.24. The van der Waals surface area contributed by atoms with Gasteiger partial charge in [-0.15, -0.1) is 0 Å². The number of carbonyl (C=O) groups is 1. The summed E-state index contributed by atoms with van der Waals surface area (Å²) in [6.07, 6.45) is 0. The lowest BCUT2D eigenvalue weighted by atomic mass is 10.1. The van der Waals surface area contributed by atoms with Crippen molar-refractivity contribution in [1.29, 1.82) is 0 Å². The first-order valence-electron chi connectivity index (χ1n) is 5.56. The number of amides is 1. The van der Waals surface area contributed by atoms with Gasteiger partial charge in [0.25, 0.3) is 0 Å². The summed E-state index contributed by atoms with van der Waals surface area (Å²) in [5, 5.41) is 2.63. The van der Waals surface area contributed by atoms with Crippen LogP contribution in [0.3, 0.4) is 0 Å². The molecule has 0 spiro atoms. The first kappa shape index (κ1) is 14.0. The van der Waals surface area contributed by atoms with E-state index in [1.165, 1.54) is 0 Å². The van der Waals surface area contributed by atoms with Crippen LogP contribution < -0.4 is 16.0 Å². The average molecular weight is 300 g/mol. The van der Waals surface area contributed by atoms with E-state index in [0.717, 1.165) is 22.3 Å². The number of anilines is 1. The molecule has 0 fully saturated rings. The molecule has 0 unspecified atom stereocenters. The van der Waals surface area contributed by atoms with Crippen LogP contribution in [-0.2, 0) is 11.3 Å². The van der Waals surface area contributed by atoms with E-state index in [2.05, 4.69) is 21.2 Å². The van der Waals surface area contributed by atoms with Crippen LogP contribution in [0.5, 0.6) is 0 Å². The summed E-state index contributed by atoms with van der Waals surface area (Å²) in [6.45, 7) is 3.59. The van der Waals surface area contributed by atoms with E-state index in [-0.39, 0.29) is 5.91 Å². The van der Waals surface area contributed by atoms with Gasteiger partial charge in [-0.05, 0) is 30.7 Å². The molecule has 1 amide bonds. The van der Waals surface area contributed by atoms with Crippen molar-refractivity contribution in [3.8, 4) is 0 Å². The molecular formula is C12H18BrN3O. The Kier molecular flexibility index (Phi) is 5.44. The summed E-state index contributed by atoms with van der Waals surface area (Å²) in [5.74, 6) is -0.00209. The first-order chi connectivity index (χ1) is 8.12. The molecule has 1 aromatic rings. The normalized spacial score (nSPS) is 10.1. The van der Waals surface area contributed by atoms with Crippen molar-refractivity contribution in [2.24, 2.45) is 5.73 Å². The molecule has 0 aliphatic carbocycles. The fourth-order valence-electron chi connectivity index (χ4n) is 1.65. The molecule has 1 rings (SSSR count). The molecule has 3 N–H and O–H groups in total. The summed E-state index contributed by atoms with van der Waals surface area (Å²) in [7, 11) is 1.64. The molecule has 0 atom stereocenters. The van der Waals surface area contributed by atoms with E-state index >= 15 is 0 Å². The smallest absolute Gasteiger partial charge is 0.239 e. The van der Waals surface area contributed by atoms with E-state index < -0.39 is 0 Å². The van der Waals surface area contributed by atoms with Gasteiger partial charge >= 0.3 is 0 Å². The highest BCUT2D eigenvalue weighted by Gasteiger charge is 2.12. The Morgan fingerprint density at radius 2 is 2.24 bits per heavy atom. The van der Waals surface area contributed by atoms with Gasteiger partial charge in [0, 0.05) is 30.3 Å². The highest BCUT2D eigenvalue weighted by molar-refractivity contribution is 9.10. The predicted molar refractivity (Wildman–Crippen MR) is 74.0 cm³/mol. The van der Waals surface area contributed by atoms with Crippen LogP contribution in [0.2, 0.25) is 0 Å². The van der Waals surface area contributed by atoms with Gasteiger partial charge in [-0.1, -0.05) is 15.9 Å². The lowest BCUT2D eigenvalue weighted by molar-refractivity contribution is -0.119. The molecule has 0 bridgehead atoms. The lowest BCUT2D eigenvalue weighted by Gasteiger charge is -2.24. The van der Waals surface area contributed by atoms with Gasteiger partial charge in [-0.2, -0.15) is 0 Å². The summed E-state index contributed by atoms with van der Waals surface area (Å²) in [6, 6.07) is 5.93. The number of hydrogen-bond acceptors (Lipinski definition) is 3. The average Bonchev–Trinajstić information content (AvgIpc) is 2.35. The van der Waals surface area contributed by atoms with Crippen LogP contribution in [0.25, 0.3) is 0 Å². The zero-order chi connectivity index (χ0) is 12.8. The zero-order valence-electron chi connectivity index (χ0n) is 10.2. The largest absolute Gasteiger partial charge is 0.362 e. The Hall–Kier alpha value is -1.07. The van der Waals surface area contributed by atoms with Gasteiger partial charge in [0.1, 0.15) is 0 Å². The Morgan fingerprint density at radius 3 is 2.76 bits per heavy atom. The lowest BCUT2D eigenvalue weighted by Crippen LogP contribution is -2.36. The molecule has 0 aliphatic rings. The van der Waals surface area contributed by atoms with Crippen molar-refractivity contribution in [3.05, 3.63) is 28.2 Å². The van der Waals surface area contributed by atoms with Crippen molar-refractivity contribution in [3.63, 3.8) is 0 Å². The zero-order valence-corrected chi connectivity index (χ0v) is 11.8. The number of nitrogens with zero attached hydrogens (tertiary/aromatic N) is 1. The second-order valence-corrected chi connectivity index (χ2v) is 4.58. The van der Waals surface area contributed by atoms with Crippen LogP contribution in [0.4, 0.5) is 5.69 Å². The molecule has 0 aliphatic heterocycles. The van der Waals surface area contributed by atoms with Crippen molar-refractivity contribution in [1.82, 2.24) is 5.32 Å². The molecule has 0 saturated heterocycles. The molecule has 5 heteroatoms. The fourth-order valence-corrected chi connectivity index (χ4v) is 2.05. The Balaban J connectivity index is 2.98. The Morgan fingerprint density at radius 1 is 1.53 bits per heavy atom. The number of hydrogen-bond donors (Lipinski definition) is 2. The van der Waals surface area contributed by atoms with Crippen molar-refractivity contribution in [2.75, 3.05) is 25.0 Å². The molecule has 0 aromatic heterocycles. The maximum Gasteiger partial charge on any atom is 0.239 e. The van der Waals surface area contributed by atoms with Crippen molar-refractivity contribution >= 4 is 27.5 Å². The van der Waals surface area contributed by atoms with Crippen LogP contribution in [0.15, 0.2) is 22.7 Å². The van der Waals surface area contributed by atoms with Crippen molar-refractivity contribution < 1.29 is 4.79 Å². The molecule has 0 heterocycles. The summed E-state index contributed by atoms with van der Waals surface area (Å²) in [4.78, 5) is 13.4. The van der Waals surface area contributed by atoms with E-state index in [0.29, 0.717) is 13.1 Å². The van der Waals surface area contributed by atoms with E-state index in [4.69, 9.17) is 5.73 Å². The first-order valence-corrected chi connectivity index (χ1v) is 6.35. The van der Waals surface area contributed by atoms with Crippen LogP contribution in [0, 0.1) is 0 Å². The second kappa shape index (κ2) is 6.61. The standard InChI is InChI=1S/C12H18BrN3O/c1-3-16(8-12(17)15-2)11-5-4-10(13)6-9(11)7-14/h4-6H,3,7-8,14H2,1-2H3,(H,15,17). The van der Waals surface area contributed by atoms with Crippen LogP contribution in [0.1, 0.15) is 12.5 Å². The second-order valence-electron chi connectivity index (χ2n) is 3.66. The molecular weight excluding hydrogens is 282 g/mol. The quantitative estimate of drug-likeness (QED) is 0.866. The monoisotopic (exact) mass is 299 g/mol. The minimum atomic E-state index is -0.00209. The maximum absolute atomic E-state index is 11.4. The Bertz CT molecular complexity index is 395. The fraction of sp³-hybridized carbons (Fsp3) is 0.417.